The zero-order valence-corrected chi connectivity index (χ0v) is 17.9. The van der Waals surface area contributed by atoms with Gasteiger partial charge in [0.2, 0.25) is 0 Å². The number of hydrogen-bond acceptors (Lipinski definition) is 8. The van der Waals surface area contributed by atoms with Crippen molar-refractivity contribution in [2.45, 2.75) is 54.0 Å². The van der Waals surface area contributed by atoms with Crippen molar-refractivity contribution in [3.05, 3.63) is 11.3 Å². The first-order valence-electron chi connectivity index (χ1n) is 9.73. The van der Waals surface area contributed by atoms with E-state index in [2.05, 4.69) is 10.3 Å². The maximum atomic E-state index is 12.9. The molecule has 0 saturated heterocycles. The molecule has 0 aromatic rings. The second-order valence-electron chi connectivity index (χ2n) is 6.66. The number of esters is 3. The fraction of sp³-hybridized carbons (Fsp3) is 0.650. The smallest absolute Gasteiger partial charge is 0.336 e. The molecule has 0 aliphatic carbocycles. The molecule has 0 bridgehead atoms. The second-order valence-corrected chi connectivity index (χ2v) is 6.66. The van der Waals surface area contributed by atoms with E-state index < -0.39 is 42.3 Å². The van der Waals surface area contributed by atoms with Gasteiger partial charge in [0.15, 0.2) is 6.61 Å². The molecule has 0 radical (unpaired) electrons. The van der Waals surface area contributed by atoms with Crippen molar-refractivity contribution in [3.8, 4) is 0 Å². The molecule has 0 aromatic heterocycles. The molecule has 0 aromatic carbocycles. The first-order valence-corrected chi connectivity index (χ1v) is 9.73. The summed E-state index contributed by atoms with van der Waals surface area (Å²) in [6.07, 6.45) is 0.720. The summed E-state index contributed by atoms with van der Waals surface area (Å²) in [5.74, 6) is -5.26. The first kappa shape index (κ1) is 24.3. The topological polar surface area (TPSA) is 120 Å². The van der Waals surface area contributed by atoms with E-state index in [9.17, 15) is 19.2 Å². The van der Waals surface area contributed by atoms with Gasteiger partial charge in [-0.15, -0.1) is 0 Å². The fourth-order valence-corrected chi connectivity index (χ4v) is 2.95. The maximum Gasteiger partial charge on any atom is 0.336 e. The van der Waals surface area contributed by atoms with E-state index in [0.29, 0.717) is 5.71 Å². The Balaban J connectivity index is 3.18. The normalized spacial score (nSPS) is 19.7. The van der Waals surface area contributed by atoms with E-state index in [0.717, 1.165) is 6.42 Å². The van der Waals surface area contributed by atoms with Gasteiger partial charge in [-0.1, -0.05) is 6.92 Å². The van der Waals surface area contributed by atoms with Gasteiger partial charge < -0.3 is 19.5 Å². The lowest BCUT2D eigenvalue weighted by atomic mass is 9.79. The number of nitrogens with zero attached hydrogens (tertiary/aromatic N) is 1. The molecule has 1 heterocycles. The van der Waals surface area contributed by atoms with Crippen LogP contribution in [-0.4, -0.2) is 55.4 Å². The van der Waals surface area contributed by atoms with Crippen molar-refractivity contribution < 1.29 is 33.4 Å². The Morgan fingerprint density at radius 3 is 2.10 bits per heavy atom. The Kier molecular flexibility index (Phi) is 9.50. The van der Waals surface area contributed by atoms with E-state index in [1.807, 2.05) is 13.8 Å². The highest BCUT2D eigenvalue weighted by Crippen LogP contribution is 2.33. The standard InChI is InChI=1S/C20H30N2O7/c1-7-11(4)21-14(23)10-29-20(26)17-15(18(24)27-8-2)12(5)22-13(6)16(17)19(25)28-9-3/h11,15,17H,7-10H2,1-6H3,(H,21,23)/t11-,15?,17+/m1/s1. The largest absolute Gasteiger partial charge is 0.465 e. The molecular formula is C20H30N2O7. The van der Waals surface area contributed by atoms with Crippen molar-refractivity contribution >= 4 is 29.5 Å². The summed E-state index contributed by atoms with van der Waals surface area (Å²) in [5, 5.41) is 2.68. The molecule has 3 atom stereocenters. The van der Waals surface area contributed by atoms with Crippen molar-refractivity contribution in [1.29, 1.82) is 0 Å². The van der Waals surface area contributed by atoms with Crippen molar-refractivity contribution in [1.82, 2.24) is 5.32 Å². The van der Waals surface area contributed by atoms with Gasteiger partial charge in [0.1, 0.15) is 11.8 Å². The van der Waals surface area contributed by atoms with Crippen LogP contribution in [0, 0.1) is 11.8 Å². The molecule has 1 aliphatic rings. The predicted molar refractivity (Wildman–Crippen MR) is 105 cm³/mol. The number of ether oxygens (including phenoxy) is 3. The van der Waals surface area contributed by atoms with Gasteiger partial charge in [-0.2, -0.15) is 0 Å². The van der Waals surface area contributed by atoms with Crippen molar-refractivity contribution in [3.63, 3.8) is 0 Å². The quantitative estimate of drug-likeness (QED) is 0.452. The van der Waals surface area contributed by atoms with Crippen molar-refractivity contribution in [2.75, 3.05) is 19.8 Å². The van der Waals surface area contributed by atoms with Gasteiger partial charge in [0.05, 0.1) is 18.8 Å². The van der Waals surface area contributed by atoms with Crippen LogP contribution in [0.15, 0.2) is 16.3 Å². The Bertz CT molecular complexity index is 712. The molecule has 1 N–H and O–H groups in total. The van der Waals surface area contributed by atoms with E-state index >= 15 is 0 Å². The summed E-state index contributed by atoms with van der Waals surface area (Å²) in [5.41, 5.74) is 0.510. The molecule has 1 aliphatic heterocycles. The number of allylic oxidation sites excluding steroid dienone is 1. The van der Waals surface area contributed by atoms with E-state index in [4.69, 9.17) is 14.2 Å². The molecule has 1 rings (SSSR count). The van der Waals surface area contributed by atoms with Gasteiger partial charge in [0, 0.05) is 17.5 Å². The lowest BCUT2D eigenvalue weighted by Gasteiger charge is -2.29. The summed E-state index contributed by atoms with van der Waals surface area (Å²) < 4.78 is 15.3. The first-order chi connectivity index (χ1) is 13.7. The van der Waals surface area contributed by atoms with Gasteiger partial charge in [-0.25, -0.2) is 4.79 Å². The minimum absolute atomic E-state index is 0.0668. The SMILES string of the molecule is CCOC(=O)C1=C(C)N=C(C)C(C(=O)OCC)[C@@H]1C(=O)OCC(=O)N[C@H](C)CC. The highest BCUT2D eigenvalue weighted by molar-refractivity contribution is 6.10. The van der Waals surface area contributed by atoms with Crippen LogP contribution in [0.2, 0.25) is 0 Å². The Morgan fingerprint density at radius 2 is 1.55 bits per heavy atom. The molecule has 9 nitrogen and oxygen atoms in total. The molecule has 9 heteroatoms. The van der Waals surface area contributed by atoms with Gasteiger partial charge >= 0.3 is 17.9 Å². The zero-order valence-electron chi connectivity index (χ0n) is 17.9. The monoisotopic (exact) mass is 410 g/mol. The molecule has 0 fully saturated rings. The molecule has 0 saturated carbocycles. The summed E-state index contributed by atoms with van der Waals surface area (Å²) >= 11 is 0. The van der Waals surface area contributed by atoms with E-state index in [1.54, 1.807) is 27.7 Å². The second kappa shape index (κ2) is 11.3. The van der Waals surface area contributed by atoms with Crippen LogP contribution in [0.3, 0.4) is 0 Å². The summed E-state index contributed by atoms with van der Waals surface area (Å²) in [6.45, 7) is 9.76. The van der Waals surface area contributed by atoms with Crippen LogP contribution in [0.25, 0.3) is 0 Å². The highest BCUT2D eigenvalue weighted by Gasteiger charge is 2.46. The molecule has 1 unspecified atom stereocenters. The number of carbonyl (C=O) groups is 4. The van der Waals surface area contributed by atoms with Crippen LogP contribution in [0.1, 0.15) is 48.0 Å². The molecule has 1 amide bonds. The van der Waals surface area contributed by atoms with Crippen LogP contribution in [0.4, 0.5) is 0 Å². The van der Waals surface area contributed by atoms with Crippen LogP contribution >= 0.6 is 0 Å². The van der Waals surface area contributed by atoms with Crippen LogP contribution in [0.5, 0.6) is 0 Å². The average molecular weight is 410 g/mol. The third kappa shape index (κ3) is 6.40. The van der Waals surface area contributed by atoms with Gasteiger partial charge in [-0.3, -0.25) is 19.4 Å². The number of amides is 1. The number of aliphatic imine (C=N–C) groups is 1. The third-order valence-corrected chi connectivity index (χ3v) is 4.48. The Labute approximate surface area is 170 Å². The fourth-order valence-electron chi connectivity index (χ4n) is 2.95. The lowest BCUT2D eigenvalue weighted by Crippen LogP contribution is -2.43. The minimum atomic E-state index is -1.30. The summed E-state index contributed by atoms with van der Waals surface area (Å²) in [6, 6.07) is -0.0743. The maximum absolute atomic E-state index is 12.9. The number of rotatable bonds is 9. The van der Waals surface area contributed by atoms with E-state index in [1.165, 1.54) is 0 Å². The molecule has 162 valence electrons. The van der Waals surface area contributed by atoms with Gasteiger partial charge in [-0.05, 0) is 41.0 Å². The summed E-state index contributed by atoms with van der Waals surface area (Å²) in [7, 11) is 0. The summed E-state index contributed by atoms with van der Waals surface area (Å²) in [4.78, 5) is 54.1. The average Bonchev–Trinajstić information content (AvgIpc) is 2.65. The predicted octanol–water partition coefficient (Wildman–Crippen LogP) is 1.55. The molecular weight excluding hydrogens is 380 g/mol. The zero-order chi connectivity index (χ0) is 22.1. The van der Waals surface area contributed by atoms with E-state index in [-0.39, 0.29) is 30.5 Å². The number of carbonyl (C=O) groups excluding carboxylic acids is 4. The molecule has 29 heavy (non-hydrogen) atoms. The third-order valence-electron chi connectivity index (χ3n) is 4.48. The Hall–Kier alpha value is -2.71. The Morgan fingerprint density at radius 1 is 0.966 bits per heavy atom. The van der Waals surface area contributed by atoms with Gasteiger partial charge in [0.25, 0.3) is 5.91 Å². The molecule has 0 spiro atoms. The minimum Gasteiger partial charge on any atom is -0.465 e. The van der Waals surface area contributed by atoms with Crippen molar-refractivity contribution in [2.24, 2.45) is 16.8 Å². The van der Waals surface area contributed by atoms with Crippen LogP contribution < -0.4 is 5.32 Å². The van der Waals surface area contributed by atoms with Crippen LogP contribution in [-0.2, 0) is 33.4 Å². The number of nitrogens with one attached hydrogen (secondary N) is 1. The highest BCUT2D eigenvalue weighted by atomic mass is 16.5. The number of hydrogen-bond donors (Lipinski definition) is 1. The lowest BCUT2D eigenvalue weighted by molar-refractivity contribution is -0.159.